The minimum absolute atomic E-state index is 0.0693. The number of methoxy groups -OCH3 is 1. The molecule has 4 aromatic heterocycles. The van der Waals surface area contributed by atoms with Crippen molar-refractivity contribution in [3.63, 3.8) is 0 Å². The van der Waals surface area contributed by atoms with Gasteiger partial charge in [0, 0.05) is 32.1 Å². The van der Waals surface area contributed by atoms with Gasteiger partial charge in [0.15, 0.2) is 0 Å². The molecule has 1 atom stereocenters. The molecule has 0 fully saturated rings. The van der Waals surface area contributed by atoms with Crippen molar-refractivity contribution in [3.8, 4) is 0 Å². The van der Waals surface area contributed by atoms with E-state index in [-0.39, 0.29) is 17.9 Å². The van der Waals surface area contributed by atoms with E-state index in [9.17, 15) is 4.79 Å². The predicted octanol–water partition coefficient (Wildman–Crippen LogP) is 3.41. The summed E-state index contributed by atoms with van der Waals surface area (Å²) in [5.74, 6) is -0.239. The first-order valence-electron chi connectivity index (χ1n) is 10.9. The number of imidazole rings is 2. The number of benzene rings is 1. The largest absolute Gasteiger partial charge is 0.383 e. The summed E-state index contributed by atoms with van der Waals surface area (Å²) in [5.41, 5.74) is 8.92. The number of pyridine rings is 1. The molecule has 1 unspecified atom stereocenters. The summed E-state index contributed by atoms with van der Waals surface area (Å²) >= 11 is 0. The number of rotatable bonds is 6. The molecule has 0 spiro atoms. The maximum absolute atomic E-state index is 15.2. The number of fused-ring (bicyclic) bond motifs is 4. The predicted molar refractivity (Wildman–Crippen MR) is 126 cm³/mol. The Bertz CT molecular complexity index is 1510. The van der Waals surface area contributed by atoms with Gasteiger partial charge in [-0.05, 0) is 32.0 Å². The van der Waals surface area contributed by atoms with Gasteiger partial charge in [0.1, 0.15) is 28.6 Å². The van der Waals surface area contributed by atoms with Gasteiger partial charge in [-0.3, -0.25) is 9.20 Å². The molecule has 1 amide bonds. The molecule has 5 aromatic rings. The van der Waals surface area contributed by atoms with Crippen LogP contribution in [0, 0.1) is 12.7 Å². The number of hydrogen-bond donors (Lipinski definition) is 1. The maximum atomic E-state index is 15.2. The lowest BCUT2D eigenvalue weighted by atomic mass is 10.1. The fourth-order valence-electron chi connectivity index (χ4n) is 4.23. The Hall–Kier alpha value is -4.05. The molecule has 0 saturated heterocycles. The number of hydrogen-bond acceptors (Lipinski definition) is 6. The van der Waals surface area contributed by atoms with Crippen molar-refractivity contribution in [2.24, 2.45) is 0 Å². The zero-order chi connectivity index (χ0) is 24.0. The van der Waals surface area contributed by atoms with Gasteiger partial charge in [0.25, 0.3) is 5.91 Å². The Morgan fingerprint density at radius 2 is 2.09 bits per heavy atom. The van der Waals surface area contributed by atoms with Crippen LogP contribution in [-0.4, -0.2) is 54.8 Å². The fourth-order valence-corrected chi connectivity index (χ4v) is 4.23. The fraction of sp³-hybridized carbons (Fsp3) is 0.250. The van der Waals surface area contributed by atoms with Crippen molar-refractivity contribution in [3.05, 3.63) is 71.8 Å². The molecule has 0 saturated carbocycles. The van der Waals surface area contributed by atoms with E-state index in [0.29, 0.717) is 34.7 Å². The van der Waals surface area contributed by atoms with Gasteiger partial charge in [0.05, 0.1) is 41.1 Å². The summed E-state index contributed by atoms with van der Waals surface area (Å²) in [5, 5.41) is 0. The highest BCUT2D eigenvalue weighted by atomic mass is 19.1. The Morgan fingerprint density at radius 3 is 2.85 bits per heavy atom. The maximum Gasteiger partial charge on any atom is 0.257 e. The van der Waals surface area contributed by atoms with Crippen LogP contribution in [0.5, 0.6) is 0 Å². The number of halogens is 1. The molecule has 4 heterocycles. The molecule has 0 bridgehead atoms. The van der Waals surface area contributed by atoms with Gasteiger partial charge in [-0.2, -0.15) is 0 Å². The van der Waals surface area contributed by atoms with E-state index in [1.165, 1.54) is 12.1 Å². The molecule has 10 heteroatoms. The third-order valence-electron chi connectivity index (χ3n) is 6.05. The monoisotopic (exact) mass is 461 g/mol. The first kappa shape index (κ1) is 21.8. The van der Waals surface area contributed by atoms with Crippen LogP contribution in [0.3, 0.4) is 0 Å². The molecular weight excluding hydrogens is 437 g/mol. The van der Waals surface area contributed by atoms with Crippen molar-refractivity contribution in [1.29, 1.82) is 0 Å². The molecule has 0 aliphatic heterocycles. The van der Waals surface area contributed by atoms with Crippen LogP contribution in [0.4, 0.5) is 10.2 Å². The van der Waals surface area contributed by atoms with E-state index in [1.807, 2.05) is 48.8 Å². The normalized spacial score (nSPS) is 12.6. The van der Waals surface area contributed by atoms with Gasteiger partial charge < -0.3 is 19.8 Å². The second kappa shape index (κ2) is 8.38. The Morgan fingerprint density at radius 1 is 1.26 bits per heavy atom. The number of aryl methyl sites for hydroxylation is 1. The molecule has 174 valence electrons. The van der Waals surface area contributed by atoms with Crippen LogP contribution in [0.2, 0.25) is 0 Å². The van der Waals surface area contributed by atoms with E-state index in [0.717, 1.165) is 5.65 Å². The van der Waals surface area contributed by atoms with Crippen molar-refractivity contribution < 1.29 is 13.9 Å². The lowest BCUT2D eigenvalue weighted by molar-refractivity contribution is 0.0608. The molecule has 34 heavy (non-hydrogen) atoms. The van der Waals surface area contributed by atoms with Gasteiger partial charge in [-0.15, -0.1) is 0 Å². The van der Waals surface area contributed by atoms with E-state index >= 15 is 4.39 Å². The summed E-state index contributed by atoms with van der Waals surface area (Å²) in [6.45, 7) is 4.24. The number of ether oxygens (including phenoxy) is 1. The zero-order valence-corrected chi connectivity index (χ0v) is 19.1. The average molecular weight is 462 g/mol. The number of amides is 1. The smallest absolute Gasteiger partial charge is 0.257 e. The van der Waals surface area contributed by atoms with E-state index in [1.54, 1.807) is 22.6 Å². The van der Waals surface area contributed by atoms with Crippen LogP contribution in [0.15, 0.2) is 48.9 Å². The van der Waals surface area contributed by atoms with Crippen molar-refractivity contribution in [2.45, 2.75) is 19.9 Å². The minimum atomic E-state index is -0.675. The number of carbonyl (C=O) groups is 1. The van der Waals surface area contributed by atoms with E-state index in [4.69, 9.17) is 10.5 Å². The second-order valence-electron chi connectivity index (χ2n) is 8.14. The number of anilines is 1. The molecule has 1 aromatic carbocycles. The summed E-state index contributed by atoms with van der Waals surface area (Å²) in [6.07, 6.45) is 5.37. The standard InChI is InChI=1S/C24H24FN7O2/c1-14(19-13-30-7-5-4-6-22(30)28-19)31(8-9-34-3)24(33)16-10-20-18(11-17(16)25)29-23(26)21-12-27-15(2)32(20)21/h4-7,10-14H,8-9H2,1-3H3,(H2,26,29). The summed E-state index contributed by atoms with van der Waals surface area (Å²) < 4.78 is 24.1. The molecular formula is C24H24FN7O2. The molecule has 5 rings (SSSR count). The number of aromatic nitrogens is 5. The second-order valence-corrected chi connectivity index (χ2v) is 8.14. The topological polar surface area (TPSA) is 103 Å². The molecule has 0 aliphatic rings. The first-order chi connectivity index (χ1) is 16.4. The molecule has 9 nitrogen and oxygen atoms in total. The summed E-state index contributed by atoms with van der Waals surface area (Å²) in [7, 11) is 1.56. The Balaban J connectivity index is 1.61. The van der Waals surface area contributed by atoms with Crippen LogP contribution in [0.25, 0.3) is 22.2 Å². The van der Waals surface area contributed by atoms with Gasteiger partial charge >= 0.3 is 0 Å². The summed E-state index contributed by atoms with van der Waals surface area (Å²) in [6, 6.07) is 8.02. The lowest BCUT2D eigenvalue weighted by Crippen LogP contribution is -2.37. The Labute approximate surface area is 194 Å². The number of nitrogens with two attached hydrogens (primary N) is 1. The van der Waals surface area contributed by atoms with Crippen molar-refractivity contribution in [1.82, 2.24) is 28.7 Å². The van der Waals surface area contributed by atoms with Crippen LogP contribution >= 0.6 is 0 Å². The molecule has 0 radical (unpaired) electrons. The highest BCUT2D eigenvalue weighted by molar-refractivity contribution is 5.98. The van der Waals surface area contributed by atoms with Gasteiger partial charge in [-0.25, -0.2) is 19.3 Å². The van der Waals surface area contributed by atoms with Crippen LogP contribution in [-0.2, 0) is 4.74 Å². The SMILES string of the molecule is COCCN(C(=O)c1cc2c(cc1F)nc(N)c1cnc(C)n12)C(C)c1cn2ccccc2n1. The Kier molecular flexibility index (Phi) is 5.37. The highest BCUT2D eigenvalue weighted by Crippen LogP contribution is 2.27. The first-order valence-corrected chi connectivity index (χ1v) is 10.9. The van der Waals surface area contributed by atoms with Crippen molar-refractivity contribution in [2.75, 3.05) is 26.0 Å². The molecule has 0 aliphatic carbocycles. The third kappa shape index (κ3) is 3.52. The van der Waals surface area contributed by atoms with Crippen molar-refractivity contribution >= 4 is 33.9 Å². The quantitative estimate of drug-likeness (QED) is 0.416. The number of nitrogen functional groups attached to an aromatic ring is 1. The van der Waals surface area contributed by atoms with E-state index in [2.05, 4.69) is 15.0 Å². The molecule has 2 N–H and O–H groups in total. The highest BCUT2D eigenvalue weighted by Gasteiger charge is 2.27. The van der Waals surface area contributed by atoms with Crippen LogP contribution in [0.1, 0.15) is 34.8 Å². The number of nitrogens with zero attached hydrogens (tertiary/aromatic N) is 6. The lowest BCUT2D eigenvalue weighted by Gasteiger charge is -2.28. The third-order valence-corrected chi connectivity index (χ3v) is 6.05. The zero-order valence-electron chi connectivity index (χ0n) is 19.1. The van der Waals surface area contributed by atoms with Crippen LogP contribution < -0.4 is 5.73 Å². The number of carbonyl (C=O) groups excluding carboxylic acids is 1. The average Bonchev–Trinajstić information content (AvgIpc) is 3.43. The van der Waals surface area contributed by atoms with Gasteiger partial charge in [0.2, 0.25) is 0 Å². The van der Waals surface area contributed by atoms with E-state index < -0.39 is 17.8 Å². The van der Waals surface area contributed by atoms with Gasteiger partial charge in [-0.1, -0.05) is 6.07 Å². The summed E-state index contributed by atoms with van der Waals surface area (Å²) in [4.78, 5) is 28.5. The minimum Gasteiger partial charge on any atom is -0.383 e.